The lowest BCUT2D eigenvalue weighted by Gasteiger charge is -2.08. The number of rotatable bonds is 3. The molecule has 0 fully saturated rings. The zero-order chi connectivity index (χ0) is 15.7. The van der Waals surface area contributed by atoms with Crippen LogP contribution in [0.2, 0.25) is 5.02 Å². The number of fused-ring (bicyclic) bond motifs is 1. The van der Waals surface area contributed by atoms with Gasteiger partial charge in [-0.05, 0) is 17.7 Å². The summed E-state index contributed by atoms with van der Waals surface area (Å²) >= 11 is 6.14. The van der Waals surface area contributed by atoms with Crippen molar-refractivity contribution in [3.63, 3.8) is 0 Å². The maximum Gasteiger partial charge on any atom is 0.215 e. The summed E-state index contributed by atoms with van der Waals surface area (Å²) in [7, 11) is 3.09. The molecule has 1 aliphatic rings. The van der Waals surface area contributed by atoms with Gasteiger partial charge in [-0.15, -0.1) is 0 Å². The Labute approximate surface area is 133 Å². The number of nitrogens with one attached hydrogen (secondary N) is 1. The predicted octanol–water partition coefficient (Wildman–Crippen LogP) is 4.01. The first-order valence-corrected chi connectivity index (χ1v) is 7.06. The Morgan fingerprint density at radius 3 is 2.59 bits per heavy atom. The maximum atomic E-state index is 12.6. The van der Waals surface area contributed by atoms with Gasteiger partial charge < -0.3 is 14.8 Å². The fraction of sp³-hybridized carbons (Fsp3) is 0.118. The molecule has 0 spiro atoms. The largest absolute Gasteiger partial charge is 0.497 e. The average molecular weight is 316 g/mol. The first kappa shape index (κ1) is 14.5. The van der Waals surface area contributed by atoms with Crippen molar-refractivity contribution < 1.29 is 14.3 Å². The van der Waals surface area contributed by atoms with Gasteiger partial charge in [-0.2, -0.15) is 0 Å². The van der Waals surface area contributed by atoms with Crippen LogP contribution in [0, 0.1) is 0 Å². The van der Waals surface area contributed by atoms with Gasteiger partial charge >= 0.3 is 0 Å². The zero-order valence-corrected chi connectivity index (χ0v) is 12.9. The summed E-state index contributed by atoms with van der Waals surface area (Å²) < 4.78 is 10.5. The molecule has 0 aliphatic carbocycles. The summed E-state index contributed by atoms with van der Waals surface area (Å²) in [6.45, 7) is 0. The summed E-state index contributed by atoms with van der Waals surface area (Å²) in [5, 5.41) is 3.69. The summed E-state index contributed by atoms with van der Waals surface area (Å²) in [5.41, 5.74) is 2.40. The molecule has 1 aliphatic heterocycles. The third-order valence-corrected chi connectivity index (χ3v) is 3.82. The van der Waals surface area contributed by atoms with Gasteiger partial charge in [0.25, 0.3) is 0 Å². The number of anilines is 1. The molecule has 3 rings (SSSR count). The van der Waals surface area contributed by atoms with Gasteiger partial charge in [0.05, 0.1) is 31.2 Å². The van der Waals surface area contributed by atoms with Crippen molar-refractivity contribution in [3.05, 3.63) is 58.2 Å². The second-order valence-corrected chi connectivity index (χ2v) is 5.19. The highest BCUT2D eigenvalue weighted by Gasteiger charge is 2.29. The number of ether oxygens (including phenoxy) is 2. The maximum absolute atomic E-state index is 12.6. The Bertz CT molecular complexity index is 783. The van der Waals surface area contributed by atoms with Crippen LogP contribution in [-0.2, 0) is 0 Å². The van der Waals surface area contributed by atoms with E-state index in [1.54, 1.807) is 31.4 Å². The zero-order valence-electron chi connectivity index (χ0n) is 12.1. The molecule has 0 saturated heterocycles. The molecule has 112 valence electrons. The number of hydrogen-bond donors (Lipinski definition) is 1. The van der Waals surface area contributed by atoms with Crippen molar-refractivity contribution >= 4 is 29.1 Å². The van der Waals surface area contributed by atoms with Crippen LogP contribution in [0.3, 0.4) is 0 Å². The number of allylic oxidation sites excluding steroid dienone is 1. The van der Waals surface area contributed by atoms with Crippen LogP contribution in [0.5, 0.6) is 11.5 Å². The Kier molecular flexibility index (Phi) is 3.77. The van der Waals surface area contributed by atoms with Crippen molar-refractivity contribution in [1.29, 1.82) is 0 Å². The normalized spacial score (nSPS) is 14.7. The fourth-order valence-corrected chi connectivity index (χ4v) is 2.58. The molecule has 0 saturated carbocycles. The number of carbonyl (C=O) groups excluding carboxylic acids is 1. The lowest BCUT2D eigenvalue weighted by atomic mass is 10.1. The molecule has 0 amide bonds. The average Bonchev–Trinajstić information content (AvgIpc) is 2.85. The van der Waals surface area contributed by atoms with Crippen LogP contribution in [0.15, 0.2) is 42.1 Å². The van der Waals surface area contributed by atoms with E-state index in [0.717, 1.165) is 5.56 Å². The molecule has 1 heterocycles. The minimum Gasteiger partial charge on any atom is -0.497 e. The van der Waals surface area contributed by atoms with Gasteiger partial charge in [0, 0.05) is 17.2 Å². The van der Waals surface area contributed by atoms with Crippen LogP contribution in [0.4, 0.5) is 5.69 Å². The van der Waals surface area contributed by atoms with Crippen molar-refractivity contribution in [2.24, 2.45) is 0 Å². The molecule has 0 unspecified atom stereocenters. The molecule has 0 radical (unpaired) electrons. The number of benzene rings is 2. The van der Waals surface area contributed by atoms with Crippen LogP contribution in [0.1, 0.15) is 15.9 Å². The van der Waals surface area contributed by atoms with E-state index < -0.39 is 0 Å². The number of hydrogen-bond acceptors (Lipinski definition) is 4. The number of Topliss-reactive ketones (excluding diaryl/α,β-unsaturated/α-hetero) is 1. The molecule has 1 N–H and O–H groups in total. The SMILES string of the molecule is COc1cc2c(c(OC)c1)C(=O)/C(=C/c1ccccc1Cl)N2. The van der Waals surface area contributed by atoms with Gasteiger partial charge in [0.2, 0.25) is 5.78 Å². The predicted molar refractivity (Wildman–Crippen MR) is 86.9 cm³/mol. The smallest absolute Gasteiger partial charge is 0.215 e. The summed E-state index contributed by atoms with van der Waals surface area (Å²) in [5.74, 6) is 0.971. The minimum atomic E-state index is -0.130. The van der Waals surface area contributed by atoms with Gasteiger partial charge in [-0.3, -0.25) is 4.79 Å². The third kappa shape index (κ3) is 2.42. The highest BCUT2D eigenvalue weighted by atomic mass is 35.5. The molecule has 0 aromatic heterocycles. The molecule has 4 nitrogen and oxygen atoms in total. The highest BCUT2D eigenvalue weighted by molar-refractivity contribution is 6.32. The van der Waals surface area contributed by atoms with E-state index in [0.29, 0.717) is 33.5 Å². The Morgan fingerprint density at radius 1 is 1.14 bits per heavy atom. The van der Waals surface area contributed by atoms with E-state index in [2.05, 4.69) is 5.32 Å². The number of ketones is 1. The summed E-state index contributed by atoms with van der Waals surface area (Å²) in [6, 6.07) is 10.8. The van der Waals surface area contributed by atoms with Crippen LogP contribution >= 0.6 is 11.6 Å². The van der Waals surface area contributed by atoms with Crippen LogP contribution in [0.25, 0.3) is 6.08 Å². The van der Waals surface area contributed by atoms with Crippen LogP contribution in [-0.4, -0.2) is 20.0 Å². The molecule has 0 bridgehead atoms. The van der Waals surface area contributed by atoms with E-state index in [9.17, 15) is 4.79 Å². The van der Waals surface area contributed by atoms with E-state index in [1.807, 2.05) is 18.2 Å². The lowest BCUT2D eigenvalue weighted by molar-refractivity contribution is 0.104. The van der Waals surface area contributed by atoms with Crippen LogP contribution < -0.4 is 14.8 Å². The first-order valence-electron chi connectivity index (χ1n) is 6.68. The number of methoxy groups -OCH3 is 2. The summed E-state index contributed by atoms with van der Waals surface area (Å²) in [4.78, 5) is 12.6. The van der Waals surface area contributed by atoms with E-state index in [-0.39, 0.29) is 5.78 Å². The quantitative estimate of drug-likeness (QED) is 0.869. The monoisotopic (exact) mass is 315 g/mol. The van der Waals surface area contributed by atoms with Crippen molar-refractivity contribution in [3.8, 4) is 11.5 Å². The molecule has 0 atom stereocenters. The van der Waals surface area contributed by atoms with Crippen molar-refractivity contribution in [2.75, 3.05) is 19.5 Å². The fourth-order valence-electron chi connectivity index (χ4n) is 2.39. The minimum absolute atomic E-state index is 0.130. The first-order chi connectivity index (χ1) is 10.6. The lowest BCUT2D eigenvalue weighted by Crippen LogP contribution is -2.01. The Morgan fingerprint density at radius 2 is 1.91 bits per heavy atom. The Balaban J connectivity index is 2.06. The topological polar surface area (TPSA) is 47.6 Å². The number of carbonyl (C=O) groups is 1. The van der Waals surface area contributed by atoms with Crippen molar-refractivity contribution in [1.82, 2.24) is 0 Å². The van der Waals surface area contributed by atoms with E-state index in [4.69, 9.17) is 21.1 Å². The summed E-state index contributed by atoms with van der Waals surface area (Å²) in [6.07, 6.45) is 1.73. The number of halogens is 1. The van der Waals surface area contributed by atoms with Gasteiger partial charge in [-0.25, -0.2) is 0 Å². The molecule has 2 aromatic rings. The second-order valence-electron chi connectivity index (χ2n) is 4.79. The van der Waals surface area contributed by atoms with Crippen molar-refractivity contribution in [2.45, 2.75) is 0 Å². The molecular formula is C17H14ClNO3. The molecular weight excluding hydrogens is 302 g/mol. The molecule has 22 heavy (non-hydrogen) atoms. The van der Waals surface area contributed by atoms with Gasteiger partial charge in [0.1, 0.15) is 11.5 Å². The second kappa shape index (κ2) is 5.73. The van der Waals surface area contributed by atoms with Gasteiger partial charge in [0.15, 0.2) is 0 Å². The third-order valence-electron chi connectivity index (χ3n) is 3.48. The Hall–Kier alpha value is -2.46. The van der Waals surface area contributed by atoms with E-state index in [1.165, 1.54) is 7.11 Å². The molecule has 2 aromatic carbocycles. The van der Waals surface area contributed by atoms with Gasteiger partial charge in [-0.1, -0.05) is 29.8 Å². The highest BCUT2D eigenvalue weighted by Crippen LogP contribution is 2.39. The van der Waals surface area contributed by atoms with E-state index >= 15 is 0 Å². The molecule has 5 heteroatoms. The standard InChI is InChI=1S/C17H14ClNO3/c1-21-11-8-13-16(15(9-11)22-2)17(20)14(19-13)7-10-5-3-4-6-12(10)18/h3-9,19H,1-2H3/b14-7-.